The summed E-state index contributed by atoms with van der Waals surface area (Å²) >= 11 is 3.50. The van der Waals surface area contributed by atoms with Gasteiger partial charge in [0.15, 0.2) is 11.5 Å². The second kappa shape index (κ2) is 5.38. The van der Waals surface area contributed by atoms with Crippen molar-refractivity contribution in [3.63, 3.8) is 0 Å². The average molecular weight is 331 g/mol. The van der Waals surface area contributed by atoms with Crippen LogP contribution in [0.4, 0.5) is 0 Å². The predicted octanol–water partition coefficient (Wildman–Crippen LogP) is 4.14. The number of rotatable bonds is 3. The first-order chi connectivity index (χ1) is 9.63. The Labute approximate surface area is 125 Å². The second-order valence-corrected chi connectivity index (χ2v) is 5.75. The van der Waals surface area contributed by atoms with Crippen LogP contribution in [-0.2, 0) is 6.42 Å². The van der Waals surface area contributed by atoms with Gasteiger partial charge in [0.25, 0.3) is 0 Å². The topological polar surface area (TPSA) is 52.0 Å². The normalized spacial score (nSPS) is 12.8. The molecule has 1 atom stereocenters. The number of aromatic nitrogens is 1. The van der Waals surface area contributed by atoms with Crippen molar-refractivity contribution in [2.45, 2.75) is 19.4 Å². The van der Waals surface area contributed by atoms with Gasteiger partial charge >= 0.3 is 0 Å². The van der Waals surface area contributed by atoms with Crippen LogP contribution >= 0.6 is 15.9 Å². The molecule has 0 aliphatic rings. The molecule has 4 heteroatoms. The third-order valence-electron chi connectivity index (χ3n) is 3.34. The van der Waals surface area contributed by atoms with Gasteiger partial charge < -0.3 is 10.2 Å². The first-order valence-corrected chi connectivity index (χ1v) is 7.29. The van der Waals surface area contributed by atoms with Crippen molar-refractivity contribution in [1.29, 1.82) is 0 Å². The van der Waals surface area contributed by atoms with E-state index in [1.807, 2.05) is 36.4 Å². The first-order valence-electron chi connectivity index (χ1n) is 6.49. The molecule has 0 saturated heterocycles. The number of nitrogens with two attached hydrogens (primary N) is 1. The Kier molecular flexibility index (Phi) is 3.59. The van der Waals surface area contributed by atoms with Gasteiger partial charge in [0.05, 0.1) is 0 Å². The smallest absolute Gasteiger partial charge is 0.197 e. The molecule has 20 heavy (non-hydrogen) atoms. The van der Waals surface area contributed by atoms with Crippen LogP contribution in [0.2, 0.25) is 0 Å². The zero-order chi connectivity index (χ0) is 14.1. The van der Waals surface area contributed by atoms with Crippen molar-refractivity contribution < 1.29 is 4.42 Å². The van der Waals surface area contributed by atoms with Crippen LogP contribution in [0.25, 0.3) is 11.1 Å². The van der Waals surface area contributed by atoms with Gasteiger partial charge in [-0.05, 0) is 36.2 Å². The maximum atomic E-state index is 6.25. The molecule has 0 amide bonds. The Balaban J connectivity index is 1.84. The highest BCUT2D eigenvalue weighted by Gasteiger charge is 2.13. The summed E-state index contributed by atoms with van der Waals surface area (Å²) in [5.41, 5.74) is 10.2. The van der Waals surface area contributed by atoms with Gasteiger partial charge in [0, 0.05) is 16.9 Å². The van der Waals surface area contributed by atoms with Crippen LogP contribution in [-0.4, -0.2) is 4.98 Å². The van der Waals surface area contributed by atoms with Crippen LogP contribution in [0, 0.1) is 6.92 Å². The summed E-state index contributed by atoms with van der Waals surface area (Å²) in [5.74, 6) is 0.680. The second-order valence-electron chi connectivity index (χ2n) is 4.89. The third kappa shape index (κ3) is 2.62. The van der Waals surface area contributed by atoms with Crippen molar-refractivity contribution >= 4 is 27.0 Å². The quantitative estimate of drug-likeness (QED) is 0.785. The van der Waals surface area contributed by atoms with Crippen LogP contribution in [0.15, 0.2) is 51.4 Å². The molecule has 0 bridgehead atoms. The summed E-state index contributed by atoms with van der Waals surface area (Å²) in [4.78, 5) is 4.46. The highest BCUT2D eigenvalue weighted by molar-refractivity contribution is 9.10. The maximum Gasteiger partial charge on any atom is 0.197 e. The van der Waals surface area contributed by atoms with Crippen LogP contribution in [0.5, 0.6) is 0 Å². The van der Waals surface area contributed by atoms with Crippen molar-refractivity contribution in [3.8, 4) is 0 Å². The molecule has 2 N–H and O–H groups in total. The monoisotopic (exact) mass is 330 g/mol. The van der Waals surface area contributed by atoms with Crippen molar-refractivity contribution in [3.05, 3.63) is 64.0 Å². The van der Waals surface area contributed by atoms with Crippen LogP contribution in [0.1, 0.15) is 23.1 Å². The van der Waals surface area contributed by atoms with E-state index in [2.05, 4.69) is 33.9 Å². The van der Waals surface area contributed by atoms with E-state index < -0.39 is 0 Å². The van der Waals surface area contributed by atoms with Gasteiger partial charge in [-0.1, -0.05) is 40.2 Å². The molecule has 0 radical (unpaired) electrons. The zero-order valence-corrected chi connectivity index (χ0v) is 12.7. The molecule has 0 saturated carbocycles. The number of para-hydroxylation sites is 2. The molecular weight excluding hydrogens is 316 g/mol. The van der Waals surface area contributed by atoms with Gasteiger partial charge in [-0.2, -0.15) is 0 Å². The molecule has 0 aliphatic heterocycles. The Hall–Kier alpha value is -1.65. The lowest BCUT2D eigenvalue weighted by Crippen LogP contribution is -2.13. The molecule has 0 fully saturated rings. The van der Waals surface area contributed by atoms with Gasteiger partial charge in [-0.3, -0.25) is 0 Å². The number of oxazole rings is 1. The molecule has 1 aromatic heterocycles. The van der Waals surface area contributed by atoms with Crippen LogP contribution in [0.3, 0.4) is 0 Å². The minimum atomic E-state index is -0.116. The highest BCUT2D eigenvalue weighted by Crippen LogP contribution is 2.23. The summed E-state index contributed by atoms with van der Waals surface area (Å²) in [6, 6.07) is 13.8. The summed E-state index contributed by atoms with van der Waals surface area (Å²) in [6.07, 6.45) is 0.593. The van der Waals surface area contributed by atoms with E-state index in [1.165, 1.54) is 5.56 Å². The maximum absolute atomic E-state index is 6.25. The summed E-state index contributed by atoms with van der Waals surface area (Å²) in [7, 11) is 0. The molecule has 3 nitrogen and oxygen atoms in total. The average Bonchev–Trinajstić information content (AvgIpc) is 2.83. The molecular formula is C16H15BrN2O. The molecule has 2 aromatic carbocycles. The Morgan fingerprint density at radius 2 is 2.05 bits per heavy atom. The summed E-state index contributed by atoms with van der Waals surface area (Å²) < 4.78 is 6.81. The Morgan fingerprint density at radius 3 is 2.80 bits per heavy atom. The van der Waals surface area contributed by atoms with Gasteiger partial charge in [0.2, 0.25) is 0 Å². The number of fused-ring (bicyclic) bond motifs is 1. The largest absolute Gasteiger partial charge is 0.441 e. The Bertz CT molecular complexity index is 718. The first kappa shape index (κ1) is 13.3. The SMILES string of the molecule is Cc1cc(C(N)Cc2nc3ccccc3o2)ccc1Br. The number of hydrogen-bond acceptors (Lipinski definition) is 3. The van der Waals surface area contributed by atoms with Crippen molar-refractivity contribution in [1.82, 2.24) is 4.98 Å². The van der Waals surface area contributed by atoms with E-state index in [0.29, 0.717) is 12.3 Å². The lowest BCUT2D eigenvalue weighted by atomic mass is 10.0. The molecule has 102 valence electrons. The minimum Gasteiger partial charge on any atom is -0.441 e. The van der Waals surface area contributed by atoms with E-state index in [9.17, 15) is 0 Å². The number of aryl methyl sites for hydroxylation is 1. The Morgan fingerprint density at radius 1 is 1.25 bits per heavy atom. The van der Waals surface area contributed by atoms with Gasteiger partial charge in [-0.15, -0.1) is 0 Å². The minimum absolute atomic E-state index is 0.116. The van der Waals surface area contributed by atoms with Gasteiger partial charge in [-0.25, -0.2) is 4.98 Å². The molecule has 1 unspecified atom stereocenters. The molecule has 0 aliphatic carbocycles. The van der Waals surface area contributed by atoms with Crippen LogP contribution < -0.4 is 5.73 Å². The predicted molar refractivity (Wildman–Crippen MR) is 83.5 cm³/mol. The molecule has 0 spiro atoms. The molecule has 3 rings (SSSR count). The molecule has 3 aromatic rings. The number of hydrogen-bond donors (Lipinski definition) is 1. The lowest BCUT2D eigenvalue weighted by Gasteiger charge is -2.11. The zero-order valence-electron chi connectivity index (χ0n) is 11.1. The van der Waals surface area contributed by atoms with Gasteiger partial charge in [0.1, 0.15) is 5.52 Å². The van der Waals surface area contributed by atoms with Crippen molar-refractivity contribution in [2.75, 3.05) is 0 Å². The highest BCUT2D eigenvalue weighted by atomic mass is 79.9. The summed E-state index contributed by atoms with van der Waals surface area (Å²) in [6.45, 7) is 2.06. The lowest BCUT2D eigenvalue weighted by molar-refractivity contribution is 0.502. The number of benzene rings is 2. The van der Waals surface area contributed by atoms with E-state index >= 15 is 0 Å². The number of halogens is 1. The van der Waals surface area contributed by atoms with E-state index in [1.54, 1.807) is 0 Å². The van der Waals surface area contributed by atoms with E-state index in [4.69, 9.17) is 10.2 Å². The summed E-state index contributed by atoms with van der Waals surface area (Å²) in [5, 5.41) is 0. The van der Waals surface area contributed by atoms with Crippen molar-refractivity contribution in [2.24, 2.45) is 5.73 Å². The van der Waals surface area contributed by atoms with E-state index in [0.717, 1.165) is 21.1 Å². The third-order valence-corrected chi connectivity index (χ3v) is 4.23. The van der Waals surface area contributed by atoms with E-state index in [-0.39, 0.29) is 6.04 Å². The fourth-order valence-electron chi connectivity index (χ4n) is 2.21. The number of nitrogens with zero attached hydrogens (tertiary/aromatic N) is 1. The fourth-order valence-corrected chi connectivity index (χ4v) is 2.46. The standard InChI is InChI=1S/C16H15BrN2O/c1-10-8-11(6-7-12(10)17)13(18)9-16-19-14-4-2-3-5-15(14)20-16/h2-8,13H,9,18H2,1H3. The fraction of sp³-hybridized carbons (Fsp3) is 0.188. The molecule has 1 heterocycles.